The third-order valence-corrected chi connectivity index (χ3v) is 1.80. The van der Waals surface area contributed by atoms with E-state index in [1.807, 2.05) is 12.3 Å². The number of pyridine rings is 1. The molecule has 0 bridgehead atoms. The summed E-state index contributed by atoms with van der Waals surface area (Å²) in [5.41, 5.74) is 7.27. The summed E-state index contributed by atoms with van der Waals surface area (Å²) in [6.45, 7) is 0. The average molecular weight is 199 g/mol. The molecule has 0 unspecified atom stereocenters. The van der Waals surface area contributed by atoms with Crippen LogP contribution >= 0.6 is 11.6 Å². The molecular weight excluding hydrogens is 188 g/mol. The molecule has 1 aliphatic carbocycles. The quantitative estimate of drug-likeness (QED) is 0.761. The van der Waals surface area contributed by atoms with Crippen LogP contribution in [0.1, 0.15) is 12.8 Å². The highest BCUT2D eigenvalue weighted by Crippen LogP contribution is 2.29. The molecule has 0 aromatic carbocycles. The molecule has 0 saturated carbocycles. The minimum absolute atomic E-state index is 0.277. The first-order valence-electron chi connectivity index (χ1n) is 4.04. The normalized spacial score (nSPS) is 9.92. The fraction of sp³-hybridized carbons (Fsp3) is 0.333. The lowest BCUT2D eigenvalue weighted by Gasteiger charge is -1.85. The molecule has 0 radical (unpaired) electrons. The number of primary amides is 1. The minimum atomic E-state index is -0.277. The Balaban J connectivity index is 0.000000130. The highest BCUT2D eigenvalue weighted by atomic mass is 35.5. The third kappa shape index (κ3) is 3.90. The smallest absolute Gasteiger partial charge is 0.217 e. The van der Waals surface area contributed by atoms with E-state index in [-0.39, 0.29) is 5.91 Å². The fourth-order valence-corrected chi connectivity index (χ4v) is 0.929. The summed E-state index contributed by atoms with van der Waals surface area (Å²) >= 11 is 5.24. The molecule has 2 rings (SSSR count). The molecule has 1 amide bonds. The van der Waals surface area contributed by atoms with Gasteiger partial charge in [0.2, 0.25) is 5.91 Å². The second-order valence-corrected chi connectivity index (χ2v) is 3.07. The van der Waals surface area contributed by atoms with Crippen LogP contribution in [0.15, 0.2) is 18.3 Å². The van der Waals surface area contributed by atoms with Gasteiger partial charge in [0.15, 0.2) is 0 Å². The Morgan fingerprint density at radius 3 is 2.54 bits per heavy atom. The molecule has 0 aromatic heterocycles. The molecular formula is C9H11ClN2O. The van der Waals surface area contributed by atoms with Crippen LogP contribution in [0.2, 0.25) is 0 Å². The number of hydrogen-bond donors (Lipinski definition) is 1. The van der Waals surface area contributed by atoms with Gasteiger partial charge >= 0.3 is 0 Å². The monoisotopic (exact) mass is 198 g/mol. The fourth-order valence-electron chi connectivity index (χ4n) is 0.795. The zero-order valence-electron chi connectivity index (χ0n) is 7.16. The van der Waals surface area contributed by atoms with Gasteiger partial charge in [-0.05, 0) is 18.6 Å². The van der Waals surface area contributed by atoms with Crippen molar-refractivity contribution in [3.63, 3.8) is 0 Å². The lowest BCUT2D eigenvalue weighted by Crippen LogP contribution is -2.09. The Labute approximate surface area is 81.9 Å². The predicted octanol–water partition coefficient (Wildman–Crippen LogP) is 1.55. The highest BCUT2D eigenvalue weighted by molar-refractivity contribution is 6.17. The van der Waals surface area contributed by atoms with Gasteiger partial charge in [0.1, 0.15) is 0 Å². The van der Waals surface area contributed by atoms with E-state index in [1.165, 1.54) is 11.3 Å². The molecule has 0 aromatic rings. The molecule has 3 nitrogen and oxygen atoms in total. The van der Waals surface area contributed by atoms with E-state index in [0.717, 1.165) is 0 Å². The van der Waals surface area contributed by atoms with E-state index in [2.05, 4.69) is 11.1 Å². The minimum Gasteiger partial charge on any atom is -0.370 e. The number of rotatable bonds is 3. The van der Waals surface area contributed by atoms with E-state index in [0.29, 0.717) is 18.7 Å². The van der Waals surface area contributed by atoms with Crippen molar-refractivity contribution in [2.75, 3.05) is 5.88 Å². The van der Waals surface area contributed by atoms with E-state index in [4.69, 9.17) is 17.3 Å². The maximum absolute atomic E-state index is 9.92. The first kappa shape index (κ1) is 9.99. The zero-order valence-corrected chi connectivity index (χ0v) is 7.92. The van der Waals surface area contributed by atoms with Crippen molar-refractivity contribution < 1.29 is 4.79 Å². The molecule has 4 heteroatoms. The number of alkyl halides is 1. The van der Waals surface area contributed by atoms with Crippen LogP contribution in [0.3, 0.4) is 0 Å². The van der Waals surface area contributed by atoms with E-state index in [1.54, 1.807) is 0 Å². The van der Waals surface area contributed by atoms with Gasteiger partial charge in [0, 0.05) is 24.1 Å². The summed E-state index contributed by atoms with van der Waals surface area (Å²) in [4.78, 5) is 13.9. The van der Waals surface area contributed by atoms with Crippen LogP contribution < -0.4 is 5.73 Å². The molecule has 1 heterocycles. The van der Waals surface area contributed by atoms with Crippen LogP contribution in [0.25, 0.3) is 11.3 Å². The number of halogens is 1. The number of amides is 1. The van der Waals surface area contributed by atoms with Crippen molar-refractivity contribution in [1.82, 2.24) is 4.98 Å². The summed E-state index contributed by atoms with van der Waals surface area (Å²) in [7, 11) is 0. The largest absolute Gasteiger partial charge is 0.370 e. The lowest BCUT2D eigenvalue weighted by molar-refractivity contribution is -0.118. The third-order valence-electron chi connectivity index (χ3n) is 1.53. The van der Waals surface area contributed by atoms with Crippen molar-refractivity contribution >= 4 is 17.5 Å². The molecule has 0 fully saturated rings. The Hall–Kier alpha value is -1.09. The second kappa shape index (κ2) is 4.82. The molecule has 0 saturated heterocycles. The highest BCUT2D eigenvalue weighted by Gasteiger charge is 2.09. The van der Waals surface area contributed by atoms with Crippen molar-refractivity contribution in [3.8, 4) is 11.3 Å². The number of hydrogen-bond acceptors (Lipinski definition) is 2. The van der Waals surface area contributed by atoms with Crippen molar-refractivity contribution in [2.45, 2.75) is 12.8 Å². The Morgan fingerprint density at radius 2 is 2.38 bits per heavy atom. The number of fused-ring (bicyclic) bond motifs is 1. The van der Waals surface area contributed by atoms with E-state index < -0.39 is 0 Å². The molecule has 0 spiro atoms. The molecule has 0 atom stereocenters. The maximum atomic E-state index is 9.92. The maximum Gasteiger partial charge on any atom is 0.217 e. The van der Waals surface area contributed by atoms with Crippen LogP contribution in [-0.4, -0.2) is 16.8 Å². The first-order valence-corrected chi connectivity index (χ1v) is 4.58. The van der Waals surface area contributed by atoms with Gasteiger partial charge in [-0.3, -0.25) is 9.78 Å². The molecule has 2 N–H and O–H groups in total. The summed E-state index contributed by atoms with van der Waals surface area (Å²) in [6, 6.07) is 4.06. The zero-order chi connectivity index (χ0) is 9.68. The number of carbonyl (C=O) groups is 1. The number of carbonyl (C=O) groups excluding carboxylic acids is 1. The summed E-state index contributed by atoms with van der Waals surface area (Å²) in [5, 5.41) is 0. The number of aromatic nitrogens is 1. The first-order chi connectivity index (χ1) is 6.24. The number of nitrogens with zero attached hydrogens (tertiary/aromatic N) is 1. The molecule has 13 heavy (non-hydrogen) atoms. The van der Waals surface area contributed by atoms with Crippen LogP contribution in [0.5, 0.6) is 0 Å². The van der Waals surface area contributed by atoms with Crippen molar-refractivity contribution in [3.05, 3.63) is 18.3 Å². The summed E-state index contributed by atoms with van der Waals surface area (Å²) in [5.74, 6) is 0.240. The molecule has 70 valence electrons. The average Bonchev–Trinajstić information content (AvgIpc) is 2.72. The van der Waals surface area contributed by atoms with Gasteiger partial charge in [-0.2, -0.15) is 0 Å². The van der Waals surface area contributed by atoms with Gasteiger partial charge < -0.3 is 5.73 Å². The van der Waals surface area contributed by atoms with Crippen LogP contribution in [0.4, 0.5) is 0 Å². The SMILES string of the molecule is NC(=O)CCCCl.c1cc2cc-2n1. The van der Waals surface area contributed by atoms with Crippen molar-refractivity contribution in [1.29, 1.82) is 0 Å². The molecule has 2 aliphatic rings. The summed E-state index contributed by atoms with van der Waals surface area (Å²) in [6.07, 6.45) is 2.92. The molecule has 1 aliphatic heterocycles. The van der Waals surface area contributed by atoms with Gasteiger partial charge in [-0.25, -0.2) is 0 Å². The topological polar surface area (TPSA) is 56.0 Å². The van der Waals surface area contributed by atoms with Gasteiger partial charge in [-0.1, -0.05) is 0 Å². The Kier molecular flexibility index (Phi) is 3.71. The van der Waals surface area contributed by atoms with Gasteiger partial charge in [-0.15, -0.1) is 11.6 Å². The van der Waals surface area contributed by atoms with E-state index >= 15 is 0 Å². The van der Waals surface area contributed by atoms with Gasteiger partial charge in [0.05, 0.1) is 5.69 Å². The van der Waals surface area contributed by atoms with Gasteiger partial charge in [0.25, 0.3) is 0 Å². The lowest BCUT2D eigenvalue weighted by atomic mass is 10.3. The summed E-state index contributed by atoms with van der Waals surface area (Å²) < 4.78 is 0. The van der Waals surface area contributed by atoms with Crippen LogP contribution in [-0.2, 0) is 4.79 Å². The second-order valence-electron chi connectivity index (χ2n) is 2.69. The van der Waals surface area contributed by atoms with Crippen molar-refractivity contribution in [2.24, 2.45) is 5.73 Å². The van der Waals surface area contributed by atoms with E-state index in [9.17, 15) is 4.79 Å². The Morgan fingerprint density at radius 1 is 1.62 bits per heavy atom. The number of nitrogens with two attached hydrogens (primary N) is 1. The Bertz CT molecular complexity index is 284. The van der Waals surface area contributed by atoms with Crippen LogP contribution in [0, 0.1) is 0 Å². The predicted molar refractivity (Wildman–Crippen MR) is 52.4 cm³/mol. The standard InChI is InChI=1S/C5H3N.C4H8ClNO/c1-2-6-5-3-4(1)5;5-3-1-2-4(6)7/h1-3H;1-3H2,(H2,6,7).